The summed E-state index contributed by atoms with van der Waals surface area (Å²) in [6.45, 7) is 4.72. The van der Waals surface area contributed by atoms with Gasteiger partial charge in [-0.2, -0.15) is 5.10 Å². The maximum Gasteiger partial charge on any atom is 0.257 e. The van der Waals surface area contributed by atoms with Crippen molar-refractivity contribution in [3.63, 3.8) is 0 Å². The van der Waals surface area contributed by atoms with E-state index in [4.69, 9.17) is 0 Å². The van der Waals surface area contributed by atoms with Crippen LogP contribution in [0.15, 0.2) is 30.5 Å². The second-order valence-electron chi connectivity index (χ2n) is 5.74. The molecule has 1 aliphatic rings. The van der Waals surface area contributed by atoms with Crippen LogP contribution in [0.5, 0.6) is 0 Å². The highest BCUT2D eigenvalue weighted by Gasteiger charge is 2.33. The molecule has 0 atom stereocenters. The number of carbonyl (C=O) groups is 1. The molecule has 1 N–H and O–H groups in total. The fourth-order valence-electron chi connectivity index (χ4n) is 2.55. The Balaban J connectivity index is 1.78. The van der Waals surface area contributed by atoms with Crippen molar-refractivity contribution >= 4 is 5.91 Å². The van der Waals surface area contributed by atoms with Crippen molar-refractivity contribution in [2.45, 2.75) is 45.7 Å². The van der Waals surface area contributed by atoms with Crippen molar-refractivity contribution in [1.82, 2.24) is 15.1 Å². The molecule has 110 valence electrons. The van der Waals surface area contributed by atoms with Crippen molar-refractivity contribution in [2.24, 2.45) is 0 Å². The van der Waals surface area contributed by atoms with Crippen molar-refractivity contribution < 1.29 is 4.79 Å². The summed E-state index contributed by atoms with van der Waals surface area (Å²) in [5.74, 6) is 0.0864. The first-order valence-electron chi connectivity index (χ1n) is 7.57. The number of amides is 1. The van der Waals surface area contributed by atoms with Crippen LogP contribution in [0.25, 0.3) is 0 Å². The Morgan fingerprint density at radius 3 is 2.48 bits per heavy atom. The number of benzene rings is 1. The largest absolute Gasteiger partial charge is 0.331 e. The van der Waals surface area contributed by atoms with E-state index < -0.39 is 0 Å². The third-order valence-electron chi connectivity index (χ3n) is 4.09. The second-order valence-corrected chi connectivity index (χ2v) is 5.74. The normalized spacial score (nSPS) is 14.2. The van der Waals surface area contributed by atoms with E-state index in [0.29, 0.717) is 18.2 Å². The minimum Gasteiger partial charge on any atom is -0.331 e. The maximum absolute atomic E-state index is 12.7. The topological polar surface area (TPSA) is 49.0 Å². The molecule has 0 radical (unpaired) electrons. The zero-order valence-corrected chi connectivity index (χ0v) is 12.6. The molecule has 0 spiro atoms. The zero-order chi connectivity index (χ0) is 14.8. The number of aryl methyl sites for hydroxylation is 2. The lowest BCUT2D eigenvalue weighted by molar-refractivity contribution is 0.0729. The van der Waals surface area contributed by atoms with Crippen LogP contribution >= 0.6 is 0 Å². The van der Waals surface area contributed by atoms with Crippen LogP contribution in [0.4, 0.5) is 0 Å². The number of hydrogen-bond donors (Lipinski definition) is 1. The number of nitrogens with one attached hydrogen (secondary N) is 1. The summed E-state index contributed by atoms with van der Waals surface area (Å²) in [4.78, 5) is 14.7. The van der Waals surface area contributed by atoms with Crippen LogP contribution in [-0.4, -0.2) is 27.0 Å². The van der Waals surface area contributed by atoms with Gasteiger partial charge in [-0.05, 0) is 37.3 Å². The number of nitrogens with zero attached hydrogens (tertiary/aromatic N) is 2. The van der Waals surface area contributed by atoms with Gasteiger partial charge in [0.05, 0.1) is 11.8 Å². The SMILES string of the molecule is CCc1ccc(CN(C(=O)c2cn[nH]c2C)C2CC2)cc1. The van der Waals surface area contributed by atoms with Gasteiger partial charge in [0, 0.05) is 18.3 Å². The van der Waals surface area contributed by atoms with E-state index in [1.807, 2.05) is 11.8 Å². The van der Waals surface area contributed by atoms with Crippen LogP contribution in [0.3, 0.4) is 0 Å². The van der Waals surface area contributed by atoms with Gasteiger partial charge in [-0.25, -0.2) is 0 Å². The highest BCUT2D eigenvalue weighted by atomic mass is 16.2. The molecule has 1 aliphatic carbocycles. The lowest BCUT2D eigenvalue weighted by Gasteiger charge is -2.22. The Morgan fingerprint density at radius 2 is 1.95 bits per heavy atom. The molecule has 4 heteroatoms. The number of aromatic nitrogens is 2. The van der Waals surface area contributed by atoms with Gasteiger partial charge in [0.1, 0.15) is 0 Å². The Hall–Kier alpha value is -2.10. The van der Waals surface area contributed by atoms with Crippen molar-refractivity contribution in [3.8, 4) is 0 Å². The van der Waals surface area contributed by atoms with Gasteiger partial charge in [-0.1, -0.05) is 31.2 Å². The number of rotatable bonds is 5. The lowest BCUT2D eigenvalue weighted by Crippen LogP contribution is -2.32. The summed E-state index contributed by atoms with van der Waals surface area (Å²) in [6, 6.07) is 8.94. The van der Waals surface area contributed by atoms with Crippen LogP contribution in [0.2, 0.25) is 0 Å². The summed E-state index contributed by atoms with van der Waals surface area (Å²) in [5, 5.41) is 6.81. The summed E-state index contributed by atoms with van der Waals surface area (Å²) >= 11 is 0. The van der Waals surface area contributed by atoms with E-state index >= 15 is 0 Å². The molecule has 0 unspecified atom stereocenters. The van der Waals surface area contributed by atoms with Crippen molar-refractivity contribution in [3.05, 3.63) is 52.8 Å². The van der Waals surface area contributed by atoms with Crippen LogP contribution in [0.1, 0.15) is 46.9 Å². The molecule has 1 aromatic heterocycles. The fourth-order valence-corrected chi connectivity index (χ4v) is 2.55. The summed E-state index contributed by atoms with van der Waals surface area (Å²) in [5.41, 5.74) is 4.04. The second kappa shape index (κ2) is 5.72. The molecule has 1 heterocycles. The molecule has 1 saturated carbocycles. The molecule has 0 aliphatic heterocycles. The molecule has 0 bridgehead atoms. The van der Waals surface area contributed by atoms with Gasteiger partial charge in [0.15, 0.2) is 0 Å². The first-order valence-corrected chi connectivity index (χ1v) is 7.57. The van der Waals surface area contributed by atoms with Crippen LogP contribution in [-0.2, 0) is 13.0 Å². The quantitative estimate of drug-likeness (QED) is 0.916. The third-order valence-corrected chi connectivity index (χ3v) is 4.09. The van der Waals surface area contributed by atoms with E-state index in [9.17, 15) is 4.79 Å². The predicted molar refractivity (Wildman–Crippen MR) is 82.0 cm³/mol. The zero-order valence-electron chi connectivity index (χ0n) is 12.6. The van der Waals surface area contributed by atoms with Gasteiger partial charge in [-0.3, -0.25) is 9.89 Å². The molecule has 21 heavy (non-hydrogen) atoms. The third kappa shape index (κ3) is 2.99. The molecule has 1 amide bonds. The first kappa shape index (κ1) is 13.9. The molecule has 2 aromatic rings. The van der Waals surface area contributed by atoms with E-state index in [1.54, 1.807) is 6.20 Å². The van der Waals surface area contributed by atoms with E-state index in [1.165, 1.54) is 11.1 Å². The molecule has 4 nitrogen and oxygen atoms in total. The van der Waals surface area contributed by atoms with Crippen LogP contribution in [0, 0.1) is 6.92 Å². The minimum atomic E-state index is 0.0864. The average molecular weight is 283 g/mol. The van der Waals surface area contributed by atoms with Gasteiger partial charge in [0.2, 0.25) is 0 Å². The van der Waals surface area contributed by atoms with Gasteiger partial charge in [0.25, 0.3) is 5.91 Å². The first-order chi connectivity index (χ1) is 10.2. The Bertz CT molecular complexity index is 626. The Labute approximate surface area is 125 Å². The van der Waals surface area contributed by atoms with Gasteiger partial charge < -0.3 is 4.90 Å². The maximum atomic E-state index is 12.7. The molecule has 1 fully saturated rings. The van der Waals surface area contributed by atoms with Gasteiger partial charge in [-0.15, -0.1) is 0 Å². The number of aromatic amines is 1. The van der Waals surface area contributed by atoms with Crippen LogP contribution < -0.4 is 0 Å². The smallest absolute Gasteiger partial charge is 0.257 e. The Morgan fingerprint density at radius 1 is 1.29 bits per heavy atom. The van der Waals surface area contributed by atoms with Gasteiger partial charge >= 0.3 is 0 Å². The number of carbonyl (C=O) groups excluding carboxylic acids is 1. The molecule has 0 saturated heterocycles. The molecule has 3 rings (SSSR count). The molecule has 1 aromatic carbocycles. The summed E-state index contributed by atoms with van der Waals surface area (Å²) in [7, 11) is 0. The number of H-pyrrole nitrogens is 1. The van der Waals surface area contributed by atoms with E-state index in [-0.39, 0.29) is 5.91 Å². The van der Waals surface area contributed by atoms with Crippen molar-refractivity contribution in [2.75, 3.05) is 0 Å². The van der Waals surface area contributed by atoms with Crippen molar-refractivity contribution in [1.29, 1.82) is 0 Å². The Kier molecular flexibility index (Phi) is 3.78. The molecular formula is C17H21N3O. The average Bonchev–Trinajstić information content (AvgIpc) is 3.26. The molecular weight excluding hydrogens is 262 g/mol. The fraction of sp³-hybridized carbons (Fsp3) is 0.412. The highest BCUT2D eigenvalue weighted by Crippen LogP contribution is 2.30. The number of hydrogen-bond acceptors (Lipinski definition) is 2. The van der Waals surface area contributed by atoms with E-state index in [2.05, 4.69) is 41.4 Å². The minimum absolute atomic E-state index is 0.0864. The standard InChI is InChI=1S/C17H21N3O/c1-3-13-4-6-14(7-5-13)11-20(15-8-9-15)17(21)16-10-18-19-12(16)2/h4-7,10,15H,3,8-9,11H2,1-2H3,(H,18,19). The van der Waals surface area contributed by atoms with E-state index in [0.717, 1.165) is 25.0 Å². The highest BCUT2D eigenvalue weighted by molar-refractivity contribution is 5.95. The monoisotopic (exact) mass is 283 g/mol. The summed E-state index contributed by atoms with van der Waals surface area (Å²) in [6.07, 6.45) is 4.89. The summed E-state index contributed by atoms with van der Waals surface area (Å²) < 4.78 is 0. The lowest BCUT2D eigenvalue weighted by atomic mass is 10.1. The predicted octanol–water partition coefficient (Wildman–Crippen LogP) is 3.09.